The van der Waals surface area contributed by atoms with Gasteiger partial charge in [0.1, 0.15) is 5.76 Å². The highest BCUT2D eigenvalue weighted by Crippen LogP contribution is 2.45. The fourth-order valence-corrected chi connectivity index (χ4v) is 5.05. The molecule has 0 unspecified atom stereocenters. The molecule has 0 saturated carbocycles. The SMILES string of the molecule is CC1=C(C(=O)OC(C)C)[C@@H](c2cc(C)ccc2C)N2C(CC(=O)NCc3ccco3)=CSC2=N1. The number of amidine groups is 1. The fourth-order valence-electron chi connectivity index (χ4n) is 4.08. The van der Waals surface area contributed by atoms with Crippen molar-refractivity contribution >= 4 is 28.8 Å². The molecular weight excluding hydrogens is 450 g/mol. The Hall–Kier alpha value is -3.26. The molecule has 2 aliphatic heterocycles. The third kappa shape index (κ3) is 4.97. The Kier molecular flexibility index (Phi) is 6.97. The molecular formula is C26H29N3O4S. The average Bonchev–Trinajstić information content (AvgIpc) is 3.43. The van der Waals surface area contributed by atoms with Crippen LogP contribution in [0.5, 0.6) is 0 Å². The molecule has 0 fully saturated rings. The minimum Gasteiger partial charge on any atom is -0.467 e. The first kappa shape index (κ1) is 23.9. The van der Waals surface area contributed by atoms with Crippen LogP contribution in [-0.2, 0) is 20.9 Å². The molecule has 2 aliphatic rings. The van der Waals surface area contributed by atoms with E-state index in [1.54, 1.807) is 12.3 Å². The van der Waals surface area contributed by atoms with Crippen LogP contribution in [0.4, 0.5) is 0 Å². The minimum atomic E-state index is -0.433. The molecule has 3 heterocycles. The summed E-state index contributed by atoms with van der Waals surface area (Å²) >= 11 is 1.46. The van der Waals surface area contributed by atoms with Crippen molar-refractivity contribution in [2.45, 2.75) is 59.7 Å². The van der Waals surface area contributed by atoms with Crippen molar-refractivity contribution in [1.82, 2.24) is 10.2 Å². The van der Waals surface area contributed by atoms with Gasteiger partial charge < -0.3 is 19.4 Å². The van der Waals surface area contributed by atoms with Crippen molar-refractivity contribution < 1.29 is 18.7 Å². The van der Waals surface area contributed by atoms with Crippen molar-refractivity contribution in [3.63, 3.8) is 0 Å². The number of carbonyl (C=O) groups excluding carboxylic acids is 2. The number of rotatable bonds is 7. The maximum atomic E-state index is 13.3. The summed E-state index contributed by atoms with van der Waals surface area (Å²) < 4.78 is 10.9. The van der Waals surface area contributed by atoms with E-state index in [1.165, 1.54) is 11.8 Å². The van der Waals surface area contributed by atoms with E-state index in [0.717, 1.165) is 27.6 Å². The predicted molar refractivity (Wildman–Crippen MR) is 133 cm³/mol. The number of fused-ring (bicyclic) bond motifs is 1. The van der Waals surface area contributed by atoms with Gasteiger partial charge in [-0.2, -0.15) is 0 Å². The molecule has 8 heteroatoms. The number of esters is 1. The molecule has 0 aliphatic carbocycles. The molecule has 178 valence electrons. The summed E-state index contributed by atoms with van der Waals surface area (Å²) in [6.45, 7) is 9.88. The van der Waals surface area contributed by atoms with Crippen molar-refractivity contribution in [1.29, 1.82) is 0 Å². The molecule has 0 bridgehead atoms. The zero-order chi connectivity index (χ0) is 24.4. The van der Waals surface area contributed by atoms with E-state index in [0.29, 0.717) is 23.6 Å². The second-order valence-electron chi connectivity index (χ2n) is 8.74. The molecule has 4 rings (SSSR count). The molecule has 0 radical (unpaired) electrons. The van der Waals surface area contributed by atoms with Crippen LogP contribution in [0, 0.1) is 13.8 Å². The Labute approximate surface area is 203 Å². The lowest BCUT2D eigenvalue weighted by molar-refractivity contribution is -0.143. The van der Waals surface area contributed by atoms with Crippen molar-refractivity contribution in [2.24, 2.45) is 4.99 Å². The fraction of sp³-hybridized carbons (Fsp3) is 0.346. The highest BCUT2D eigenvalue weighted by atomic mass is 32.2. The molecule has 1 N–H and O–H groups in total. The summed E-state index contributed by atoms with van der Waals surface area (Å²) in [6, 6.07) is 9.37. The number of aryl methyl sites for hydroxylation is 2. The number of nitrogens with zero attached hydrogens (tertiary/aromatic N) is 2. The lowest BCUT2D eigenvalue weighted by atomic mass is 9.90. The van der Waals surface area contributed by atoms with E-state index in [-0.39, 0.29) is 24.4 Å². The monoisotopic (exact) mass is 479 g/mol. The summed E-state index contributed by atoms with van der Waals surface area (Å²) in [5, 5.41) is 5.58. The summed E-state index contributed by atoms with van der Waals surface area (Å²) in [7, 11) is 0. The van der Waals surface area contributed by atoms with E-state index >= 15 is 0 Å². The third-order valence-electron chi connectivity index (χ3n) is 5.67. The molecule has 34 heavy (non-hydrogen) atoms. The number of benzene rings is 1. The van der Waals surface area contributed by atoms with Crippen molar-refractivity contribution in [3.05, 3.63) is 81.4 Å². The van der Waals surface area contributed by atoms with E-state index in [4.69, 9.17) is 14.1 Å². The second-order valence-corrected chi connectivity index (χ2v) is 9.58. The quantitative estimate of drug-likeness (QED) is 0.554. The standard InChI is InChI=1S/C26H29N3O4S/c1-15(2)33-25(31)23-18(5)28-26-29(24(23)21-11-16(3)8-9-17(21)4)19(14-34-26)12-22(30)27-13-20-7-6-10-32-20/h6-11,14-15,24H,12-13H2,1-5H3,(H,27,30)/t24-/m1/s1. The number of carbonyl (C=O) groups is 2. The summed E-state index contributed by atoms with van der Waals surface area (Å²) in [4.78, 5) is 32.8. The first-order chi connectivity index (χ1) is 16.2. The third-order valence-corrected chi connectivity index (χ3v) is 6.56. The van der Waals surface area contributed by atoms with E-state index < -0.39 is 6.04 Å². The molecule has 1 aromatic carbocycles. The van der Waals surface area contributed by atoms with Gasteiger partial charge in [0.15, 0.2) is 5.17 Å². The van der Waals surface area contributed by atoms with Gasteiger partial charge in [-0.25, -0.2) is 9.79 Å². The predicted octanol–water partition coefficient (Wildman–Crippen LogP) is 5.13. The smallest absolute Gasteiger partial charge is 0.338 e. The number of allylic oxidation sites excluding steroid dienone is 1. The van der Waals surface area contributed by atoms with Gasteiger partial charge in [0.2, 0.25) is 5.91 Å². The Morgan fingerprint density at radius 3 is 2.74 bits per heavy atom. The molecule has 7 nitrogen and oxygen atoms in total. The van der Waals surface area contributed by atoms with Gasteiger partial charge in [-0.15, -0.1) is 0 Å². The van der Waals surface area contributed by atoms with Crippen LogP contribution in [0.2, 0.25) is 0 Å². The summed E-state index contributed by atoms with van der Waals surface area (Å²) in [6.07, 6.45) is 1.47. The van der Waals surface area contributed by atoms with Crippen LogP contribution >= 0.6 is 11.8 Å². The highest BCUT2D eigenvalue weighted by Gasteiger charge is 2.41. The number of aliphatic imine (C=N–C) groups is 1. The van der Waals surface area contributed by atoms with Crippen LogP contribution in [0.15, 0.2) is 68.4 Å². The minimum absolute atomic E-state index is 0.137. The van der Waals surface area contributed by atoms with Crippen molar-refractivity contribution in [3.8, 4) is 0 Å². The lowest BCUT2D eigenvalue weighted by Gasteiger charge is -2.37. The number of nitrogens with one attached hydrogen (secondary N) is 1. The topological polar surface area (TPSA) is 84.1 Å². The molecule has 0 saturated heterocycles. The number of furan rings is 1. The van der Waals surface area contributed by atoms with Crippen LogP contribution < -0.4 is 5.32 Å². The highest BCUT2D eigenvalue weighted by molar-refractivity contribution is 8.16. The summed E-state index contributed by atoms with van der Waals surface area (Å²) in [5.74, 6) is 0.162. The normalized spacial score (nSPS) is 17.5. The first-order valence-corrected chi connectivity index (χ1v) is 12.1. The number of hydrogen-bond donors (Lipinski definition) is 1. The van der Waals surface area contributed by atoms with Gasteiger partial charge in [0.05, 0.1) is 42.6 Å². The summed E-state index contributed by atoms with van der Waals surface area (Å²) in [5.41, 5.74) is 5.05. The van der Waals surface area contributed by atoms with Gasteiger partial charge in [0, 0.05) is 5.70 Å². The zero-order valence-corrected chi connectivity index (χ0v) is 20.9. The van der Waals surface area contributed by atoms with Crippen LogP contribution in [0.25, 0.3) is 0 Å². The van der Waals surface area contributed by atoms with Crippen LogP contribution in [0.3, 0.4) is 0 Å². The van der Waals surface area contributed by atoms with Crippen LogP contribution in [-0.4, -0.2) is 28.0 Å². The number of ether oxygens (including phenoxy) is 1. The second kappa shape index (κ2) is 9.93. The van der Waals surface area contributed by atoms with Gasteiger partial charge in [-0.3, -0.25) is 4.79 Å². The van der Waals surface area contributed by atoms with Gasteiger partial charge in [0.25, 0.3) is 0 Å². The number of amides is 1. The maximum absolute atomic E-state index is 13.3. The van der Waals surface area contributed by atoms with Gasteiger partial charge in [-0.05, 0) is 63.3 Å². The van der Waals surface area contributed by atoms with Gasteiger partial charge >= 0.3 is 5.97 Å². The number of hydrogen-bond acceptors (Lipinski definition) is 7. The average molecular weight is 480 g/mol. The maximum Gasteiger partial charge on any atom is 0.338 e. The molecule has 0 spiro atoms. The van der Waals surface area contributed by atoms with E-state index in [1.807, 2.05) is 51.0 Å². The molecule has 2 aromatic rings. The van der Waals surface area contributed by atoms with Crippen LogP contribution in [0.1, 0.15) is 55.7 Å². The number of thioether (sulfide) groups is 1. The van der Waals surface area contributed by atoms with Crippen molar-refractivity contribution in [2.75, 3.05) is 0 Å². The van der Waals surface area contributed by atoms with E-state index in [2.05, 4.69) is 23.5 Å². The van der Waals surface area contributed by atoms with E-state index in [9.17, 15) is 9.59 Å². The molecule has 1 amide bonds. The first-order valence-electron chi connectivity index (χ1n) is 11.3. The lowest BCUT2D eigenvalue weighted by Crippen LogP contribution is -2.38. The Bertz CT molecular complexity index is 1190. The molecule has 1 aromatic heterocycles. The van der Waals surface area contributed by atoms with Gasteiger partial charge in [-0.1, -0.05) is 35.5 Å². The molecule has 1 atom stereocenters. The Morgan fingerprint density at radius 2 is 2.03 bits per heavy atom. The largest absolute Gasteiger partial charge is 0.467 e. The Morgan fingerprint density at radius 1 is 1.24 bits per heavy atom. The zero-order valence-electron chi connectivity index (χ0n) is 20.0. The Balaban J connectivity index is 1.68.